The molecule has 144 valence electrons. The number of aryl methyl sites for hydroxylation is 2. The Hall–Kier alpha value is -1.70. The molecule has 0 aromatic heterocycles. The van der Waals surface area contributed by atoms with Gasteiger partial charge in [-0.3, -0.25) is 4.79 Å². The Morgan fingerprint density at radius 2 is 1.67 bits per heavy atom. The second-order valence-electron chi connectivity index (χ2n) is 6.80. The summed E-state index contributed by atoms with van der Waals surface area (Å²) in [5, 5.41) is 0. The van der Waals surface area contributed by atoms with Crippen molar-refractivity contribution in [2.24, 2.45) is 5.92 Å². The van der Waals surface area contributed by atoms with Crippen LogP contribution in [0.3, 0.4) is 0 Å². The van der Waals surface area contributed by atoms with E-state index in [1.165, 1.54) is 4.31 Å². The van der Waals surface area contributed by atoms with Crippen LogP contribution in [0, 0.1) is 19.8 Å². The molecule has 1 fully saturated rings. The van der Waals surface area contributed by atoms with Crippen LogP contribution in [0.5, 0.6) is 5.75 Å². The third-order valence-corrected chi connectivity index (χ3v) is 7.36. The zero-order valence-electron chi connectivity index (χ0n) is 15.3. The van der Waals surface area contributed by atoms with Gasteiger partial charge in [0.2, 0.25) is 10.0 Å². The summed E-state index contributed by atoms with van der Waals surface area (Å²) in [6, 6.07) is 12.2. The Morgan fingerprint density at radius 1 is 1.04 bits per heavy atom. The number of halogens is 1. The van der Waals surface area contributed by atoms with E-state index in [0.717, 1.165) is 15.6 Å². The molecule has 27 heavy (non-hydrogen) atoms. The van der Waals surface area contributed by atoms with Gasteiger partial charge in [0.05, 0.1) is 10.8 Å². The fourth-order valence-electron chi connectivity index (χ4n) is 3.06. The third-order valence-electron chi connectivity index (χ3n) is 4.94. The molecule has 1 aliphatic rings. The maximum atomic E-state index is 12.9. The van der Waals surface area contributed by atoms with Crippen molar-refractivity contribution < 1.29 is 17.9 Å². The minimum atomic E-state index is -3.54. The zero-order valence-corrected chi connectivity index (χ0v) is 17.7. The predicted octanol–water partition coefficient (Wildman–Crippen LogP) is 4.07. The van der Waals surface area contributed by atoms with Gasteiger partial charge >= 0.3 is 5.97 Å². The van der Waals surface area contributed by atoms with E-state index in [1.54, 1.807) is 36.4 Å². The molecule has 3 rings (SSSR count). The Bertz CT molecular complexity index is 933. The lowest BCUT2D eigenvalue weighted by molar-refractivity contribution is -0.140. The lowest BCUT2D eigenvalue weighted by atomic mass is 9.98. The van der Waals surface area contributed by atoms with Crippen LogP contribution in [0.2, 0.25) is 0 Å². The molecule has 0 atom stereocenters. The number of ether oxygens (including phenoxy) is 1. The molecule has 7 heteroatoms. The number of carbonyl (C=O) groups excluding carboxylic acids is 1. The van der Waals surface area contributed by atoms with Crippen molar-refractivity contribution in [2.75, 3.05) is 13.1 Å². The molecule has 0 amide bonds. The Labute approximate surface area is 168 Å². The van der Waals surface area contributed by atoms with Crippen LogP contribution in [0.1, 0.15) is 24.0 Å². The first-order chi connectivity index (χ1) is 12.8. The van der Waals surface area contributed by atoms with Gasteiger partial charge in [-0.1, -0.05) is 22.0 Å². The summed E-state index contributed by atoms with van der Waals surface area (Å²) >= 11 is 3.34. The molecule has 0 saturated carbocycles. The molecule has 0 spiro atoms. The fourth-order valence-corrected chi connectivity index (χ4v) is 4.88. The minimum absolute atomic E-state index is 0.292. The average Bonchev–Trinajstić information content (AvgIpc) is 2.66. The smallest absolute Gasteiger partial charge is 0.314 e. The number of piperidine rings is 1. The maximum absolute atomic E-state index is 12.9. The van der Waals surface area contributed by atoms with Gasteiger partial charge in [0, 0.05) is 17.6 Å². The quantitative estimate of drug-likeness (QED) is 0.518. The summed E-state index contributed by atoms with van der Waals surface area (Å²) in [7, 11) is -3.54. The highest BCUT2D eigenvalue weighted by atomic mass is 79.9. The molecule has 1 saturated heterocycles. The van der Waals surface area contributed by atoms with Crippen molar-refractivity contribution in [3.63, 3.8) is 0 Å². The minimum Gasteiger partial charge on any atom is -0.426 e. The molecule has 0 aliphatic carbocycles. The van der Waals surface area contributed by atoms with E-state index in [0.29, 0.717) is 36.6 Å². The largest absolute Gasteiger partial charge is 0.426 e. The highest BCUT2D eigenvalue weighted by molar-refractivity contribution is 9.10. The standard InChI is InChI=1S/C20H22BrNO4S/c1-14-3-8-19(13-15(14)2)27(24,25)22-11-9-16(10-12-22)20(23)26-18-6-4-17(21)5-7-18/h3-8,13,16H,9-12H2,1-2H3. The van der Waals surface area contributed by atoms with Crippen molar-refractivity contribution in [3.05, 3.63) is 58.1 Å². The lowest BCUT2D eigenvalue weighted by Gasteiger charge is -2.30. The number of nitrogens with zero attached hydrogens (tertiary/aromatic N) is 1. The summed E-state index contributed by atoms with van der Waals surface area (Å²) in [6.07, 6.45) is 0.916. The van der Waals surface area contributed by atoms with Crippen LogP contribution in [-0.4, -0.2) is 31.8 Å². The number of hydrogen-bond donors (Lipinski definition) is 0. The van der Waals surface area contributed by atoms with Gasteiger partial charge in [0.15, 0.2) is 0 Å². The van der Waals surface area contributed by atoms with E-state index >= 15 is 0 Å². The van der Waals surface area contributed by atoms with Crippen LogP contribution in [0.25, 0.3) is 0 Å². The molecule has 1 heterocycles. The van der Waals surface area contributed by atoms with Gasteiger partial charge in [-0.2, -0.15) is 4.31 Å². The zero-order chi connectivity index (χ0) is 19.6. The number of carbonyl (C=O) groups is 1. The Morgan fingerprint density at radius 3 is 2.26 bits per heavy atom. The topological polar surface area (TPSA) is 63.7 Å². The highest BCUT2D eigenvalue weighted by Crippen LogP contribution is 2.26. The van der Waals surface area contributed by atoms with Gasteiger partial charge < -0.3 is 4.74 Å². The molecule has 2 aromatic rings. The monoisotopic (exact) mass is 451 g/mol. The Kier molecular flexibility index (Phi) is 6.03. The summed E-state index contributed by atoms with van der Waals surface area (Å²) in [5.74, 6) is -0.103. The molecule has 2 aromatic carbocycles. The van der Waals surface area contributed by atoms with Gasteiger partial charge in [0.1, 0.15) is 5.75 Å². The highest BCUT2D eigenvalue weighted by Gasteiger charge is 2.33. The van der Waals surface area contributed by atoms with Gasteiger partial charge in [-0.15, -0.1) is 0 Å². The van der Waals surface area contributed by atoms with Crippen LogP contribution in [0.15, 0.2) is 51.8 Å². The number of rotatable bonds is 4. The fraction of sp³-hybridized carbons (Fsp3) is 0.350. The number of sulfonamides is 1. The van der Waals surface area contributed by atoms with E-state index in [9.17, 15) is 13.2 Å². The number of esters is 1. The molecule has 0 bridgehead atoms. The van der Waals surface area contributed by atoms with Crippen LogP contribution in [-0.2, 0) is 14.8 Å². The number of benzene rings is 2. The molecule has 1 aliphatic heterocycles. The van der Waals surface area contributed by atoms with Gasteiger partial charge in [-0.25, -0.2) is 8.42 Å². The SMILES string of the molecule is Cc1ccc(S(=O)(=O)N2CCC(C(=O)Oc3ccc(Br)cc3)CC2)cc1C. The second kappa shape index (κ2) is 8.12. The molecule has 0 unspecified atom stereocenters. The van der Waals surface area contributed by atoms with E-state index in [-0.39, 0.29) is 11.9 Å². The summed E-state index contributed by atoms with van der Waals surface area (Å²) in [4.78, 5) is 12.7. The van der Waals surface area contributed by atoms with E-state index in [1.807, 2.05) is 19.9 Å². The second-order valence-corrected chi connectivity index (χ2v) is 9.65. The summed E-state index contributed by atoms with van der Waals surface area (Å²) in [6.45, 7) is 4.48. The van der Waals surface area contributed by atoms with Gasteiger partial charge in [0.25, 0.3) is 0 Å². The van der Waals surface area contributed by atoms with Crippen molar-refractivity contribution in [1.82, 2.24) is 4.31 Å². The van der Waals surface area contributed by atoms with Crippen molar-refractivity contribution in [2.45, 2.75) is 31.6 Å². The van der Waals surface area contributed by atoms with Crippen molar-refractivity contribution >= 4 is 31.9 Å². The third kappa shape index (κ3) is 4.59. The molecule has 5 nitrogen and oxygen atoms in total. The first kappa shape index (κ1) is 20.0. The summed E-state index contributed by atoms with van der Waals surface area (Å²) in [5.41, 5.74) is 2.01. The Balaban J connectivity index is 1.63. The molecule has 0 radical (unpaired) electrons. The lowest BCUT2D eigenvalue weighted by Crippen LogP contribution is -2.41. The first-order valence-electron chi connectivity index (χ1n) is 8.82. The van der Waals surface area contributed by atoms with E-state index in [2.05, 4.69) is 15.9 Å². The van der Waals surface area contributed by atoms with Crippen LogP contribution >= 0.6 is 15.9 Å². The predicted molar refractivity (Wildman–Crippen MR) is 107 cm³/mol. The molecular formula is C20H22BrNO4S. The first-order valence-corrected chi connectivity index (χ1v) is 11.1. The maximum Gasteiger partial charge on any atom is 0.314 e. The normalized spacial score (nSPS) is 16.3. The van der Waals surface area contributed by atoms with E-state index in [4.69, 9.17) is 4.74 Å². The van der Waals surface area contributed by atoms with Crippen molar-refractivity contribution in [1.29, 1.82) is 0 Å². The number of hydrogen-bond acceptors (Lipinski definition) is 4. The summed E-state index contributed by atoms with van der Waals surface area (Å²) < 4.78 is 33.5. The van der Waals surface area contributed by atoms with E-state index < -0.39 is 10.0 Å². The van der Waals surface area contributed by atoms with Gasteiger partial charge in [-0.05, 0) is 74.2 Å². The van der Waals surface area contributed by atoms with Crippen molar-refractivity contribution in [3.8, 4) is 5.75 Å². The molecule has 0 N–H and O–H groups in total. The molecular weight excluding hydrogens is 430 g/mol. The average molecular weight is 452 g/mol. The van der Waals surface area contributed by atoms with Crippen LogP contribution < -0.4 is 4.74 Å². The van der Waals surface area contributed by atoms with Crippen LogP contribution in [0.4, 0.5) is 0 Å².